The van der Waals surface area contributed by atoms with Gasteiger partial charge in [0, 0.05) is 23.5 Å². The number of esters is 1. The minimum atomic E-state index is -0.408. The number of aryl methyl sites for hydroxylation is 1. The number of piperidine rings is 1. The number of ether oxygens (including phenoxy) is 1. The largest absolute Gasteiger partial charge is 0.466 e. The molecule has 4 rings (SSSR count). The van der Waals surface area contributed by atoms with Gasteiger partial charge in [-0.25, -0.2) is 9.37 Å². The van der Waals surface area contributed by atoms with E-state index in [1.54, 1.807) is 11.8 Å². The molecule has 2 atom stereocenters. The first-order valence-corrected chi connectivity index (χ1v) is 11.3. The van der Waals surface area contributed by atoms with Crippen LogP contribution < -0.4 is 5.32 Å². The van der Waals surface area contributed by atoms with Crippen molar-refractivity contribution in [3.63, 3.8) is 0 Å². The Morgan fingerprint density at radius 3 is 2.77 bits per heavy atom. The molecule has 2 amide bonds. The van der Waals surface area contributed by atoms with Crippen LogP contribution in [0.1, 0.15) is 53.0 Å². The molecular weight excluding hydrogens is 421 g/mol. The molecule has 164 valence electrons. The molecule has 1 saturated heterocycles. The van der Waals surface area contributed by atoms with Crippen LogP contribution in [0.2, 0.25) is 0 Å². The molecule has 1 aliphatic carbocycles. The van der Waals surface area contributed by atoms with Gasteiger partial charge in [0.1, 0.15) is 5.82 Å². The van der Waals surface area contributed by atoms with Gasteiger partial charge in [0.05, 0.1) is 24.1 Å². The van der Waals surface area contributed by atoms with Crippen LogP contribution in [0, 0.1) is 11.7 Å². The number of thiazole rings is 1. The number of benzene rings is 1. The normalized spacial score (nSPS) is 20.3. The molecular formula is C22H24FN3O4S. The molecule has 1 aliphatic heterocycles. The van der Waals surface area contributed by atoms with Crippen molar-refractivity contribution in [3.05, 3.63) is 46.2 Å². The molecule has 0 radical (unpaired) electrons. The minimum Gasteiger partial charge on any atom is -0.466 e. The van der Waals surface area contributed by atoms with Crippen molar-refractivity contribution in [2.75, 3.05) is 25.0 Å². The standard InChI is InChI=1S/C22H24FN3O4S/c1-2-30-21(29)14-4-3-11-26(12-14)20(28)16-9-10-17-18(16)24-22(31-17)25-19(27)13-5-7-15(23)8-6-13/h5-8,14,16H,2-4,9-12H2,1H3,(H,24,25,27). The van der Waals surface area contributed by atoms with Gasteiger partial charge in [0.15, 0.2) is 5.13 Å². The maximum absolute atomic E-state index is 13.2. The van der Waals surface area contributed by atoms with E-state index >= 15 is 0 Å². The van der Waals surface area contributed by atoms with Gasteiger partial charge in [-0.3, -0.25) is 19.7 Å². The summed E-state index contributed by atoms with van der Waals surface area (Å²) in [6.07, 6.45) is 2.91. The summed E-state index contributed by atoms with van der Waals surface area (Å²) >= 11 is 1.37. The number of amides is 2. The average molecular weight is 446 g/mol. The molecule has 2 heterocycles. The number of carbonyl (C=O) groups excluding carboxylic acids is 3. The van der Waals surface area contributed by atoms with Gasteiger partial charge in [-0.1, -0.05) is 0 Å². The van der Waals surface area contributed by atoms with E-state index in [2.05, 4.69) is 10.3 Å². The SMILES string of the molecule is CCOC(=O)C1CCCN(C(=O)C2CCc3sc(NC(=O)c4ccc(F)cc4)nc32)C1. The zero-order valence-corrected chi connectivity index (χ0v) is 18.0. The van der Waals surface area contributed by atoms with E-state index < -0.39 is 5.82 Å². The second-order valence-electron chi connectivity index (χ2n) is 7.76. The molecule has 31 heavy (non-hydrogen) atoms. The first-order valence-electron chi connectivity index (χ1n) is 10.5. The van der Waals surface area contributed by atoms with E-state index in [1.807, 2.05) is 0 Å². The Kier molecular flexibility index (Phi) is 6.31. The van der Waals surface area contributed by atoms with Crippen LogP contribution in [0.3, 0.4) is 0 Å². The highest BCUT2D eigenvalue weighted by Crippen LogP contribution is 2.40. The van der Waals surface area contributed by atoms with Gasteiger partial charge in [0.25, 0.3) is 5.91 Å². The quantitative estimate of drug-likeness (QED) is 0.713. The van der Waals surface area contributed by atoms with Crippen molar-refractivity contribution in [1.29, 1.82) is 0 Å². The van der Waals surface area contributed by atoms with Gasteiger partial charge in [-0.15, -0.1) is 11.3 Å². The van der Waals surface area contributed by atoms with Crippen molar-refractivity contribution in [1.82, 2.24) is 9.88 Å². The van der Waals surface area contributed by atoms with Gasteiger partial charge in [0.2, 0.25) is 5.91 Å². The predicted octanol–water partition coefficient (Wildman–Crippen LogP) is 3.37. The Bertz CT molecular complexity index is 991. The first-order chi connectivity index (χ1) is 15.0. The number of hydrogen-bond donors (Lipinski definition) is 1. The number of nitrogens with zero attached hydrogens (tertiary/aromatic N) is 2. The lowest BCUT2D eigenvalue weighted by Crippen LogP contribution is -2.44. The molecule has 0 saturated carbocycles. The number of nitrogens with one attached hydrogen (secondary N) is 1. The number of halogens is 1. The number of likely N-dealkylation sites (tertiary alicyclic amines) is 1. The molecule has 1 fully saturated rings. The summed E-state index contributed by atoms with van der Waals surface area (Å²) in [6.45, 7) is 3.11. The number of rotatable bonds is 5. The molecule has 0 spiro atoms. The second kappa shape index (κ2) is 9.13. The highest BCUT2D eigenvalue weighted by atomic mass is 32.1. The molecule has 2 aromatic rings. The molecule has 2 aliphatic rings. The van der Waals surface area contributed by atoms with Gasteiger partial charge in [-0.05, 0) is 56.9 Å². The van der Waals surface area contributed by atoms with E-state index in [1.165, 1.54) is 35.6 Å². The number of fused-ring (bicyclic) bond motifs is 1. The maximum atomic E-state index is 13.2. The predicted molar refractivity (Wildman–Crippen MR) is 113 cm³/mol. The third-order valence-electron chi connectivity index (χ3n) is 5.70. The molecule has 1 aromatic heterocycles. The summed E-state index contributed by atoms with van der Waals surface area (Å²) < 4.78 is 18.2. The van der Waals surface area contributed by atoms with E-state index in [4.69, 9.17) is 4.74 Å². The minimum absolute atomic E-state index is 0.0190. The first kappa shape index (κ1) is 21.4. The fourth-order valence-electron chi connectivity index (χ4n) is 4.14. The summed E-state index contributed by atoms with van der Waals surface area (Å²) in [5.41, 5.74) is 1.05. The molecule has 2 unspecified atom stereocenters. The summed E-state index contributed by atoms with van der Waals surface area (Å²) in [5, 5.41) is 3.17. The average Bonchev–Trinajstić information content (AvgIpc) is 3.34. The number of carbonyl (C=O) groups is 3. The molecule has 7 nitrogen and oxygen atoms in total. The number of aromatic nitrogens is 1. The topological polar surface area (TPSA) is 88.6 Å². The van der Waals surface area contributed by atoms with E-state index in [0.29, 0.717) is 42.5 Å². The van der Waals surface area contributed by atoms with Crippen LogP contribution in [0.4, 0.5) is 9.52 Å². The Morgan fingerprint density at radius 1 is 1.26 bits per heavy atom. The van der Waals surface area contributed by atoms with Crippen molar-refractivity contribution in [2.24, 2.45) is 5.92 Å². The molecule has 1 aromatic carbocycles. The fourth-order valence-corrected chi connectivity index (χ4v) is 5.18. The Morgan fingerprint density at radius 2 is 2.03 bits per heavy atom. The van der Waals surface area contributed by atoms with E-state index in [0.717, 1.165) is 24.1 Å². The number of anilines is 1. The van der Waals surface area contributed by atoms with Crippen LogP contribution in [-0.4, -0.2) is 47.4 Å². The second-order valence-corrected chi connectivity index (χ2v) is 8.84. The van der Waals surface area contributed by atoms with Crippen LogP contribution >= 0.6 is 11.3 Å². The van der Waals surface area contributed by atoms with E-state index in [9.17, 15) is 18.8 Å². The van der Waals surface area contributed by atoms with Crippen LogP contribution in [0.15, 0.2) is 24.3 Å². The van der Waals surface area contributed by atoms with E-state index in [-0.39, 0.29) is 29.6 Å². The fraction of sp³-hybridized carbons (Fsp3) is 0.455. The maximum Gasteiger partial charge on any atom is 0.310 e. The highest BCUT2D eigenvalue weighted by Gasteiger charge is 2.38. The van der Waals surface area contributed by atoms with Crippen molar-refractivity contribution >= 4 is 34.3 Å². The highest BCUT2D eigenvalue weighted by molar-refractivity contribution is 7.16. The van der Waals surface area contributed by atoms with Crippen molar-refractivity contribution < 1.29 is 23.5 Å². The Labute approximate surface area is 183 Å². The summed E-state index contributed by atoms with van der Waals surface area (Å²) in [4.78, 5) is 44.9. The Balaban J connectivity index is 1.43. The lowest BCUT2D eigenvalue weighted by Gasteiger charge is -2.33. The third kappa shape index (κ3) is 4.61. The van der Waals surface area contributed by atoms with Gasteiger partial charge in [-0.2, -0.15) is 0 Å². The summed E-state index contributed by atoms with van der Waals surface area (Å²) in [5.74, 6) is -1.68. The summed E-state index contributed by atoms with van der Waals surface area (Å²) in [7, 11) is 0. The number of hydrogen-bond acceptors (Lipinski definition) is 6. The lowest BCUT2D eigenvalue weighted by atomic mass is 9.96. The van der Waals surface area contributed by atoms with Crippen LogP contribution in [-0.2, 0) is 20.7 Å². The zero-order chi connectivity index (χ0) is 22.0. The Hall–Kier alpha value is -2.81. The van der Waals surface area contributed by atoms with Crippen LogP contribution in [0.5, 0.6) is 0 Å². The molecule has 0 bridgehead atoms. The van der Waals surface area contributed by atoms with Crippen molar-refractivity contribution in [3.8, 4) is 0 Å². The molecule has 1 N–H and O–H groups in total. The monoisotopic (exact) mass is 445 g/mol. The van der Waals surface area contributed by atoms with Gasteiger partial charge < -0.3 is 9.64 Å². The smallest absolute Gasteiger partial charge is 0.310 e. The zero-order valence-electron chi connectivity index (χ0n) is 17.2. The molecule has 9 heteroatoms. The third-order valence-corrected chi connectivity index (χ3v) is 6.74. The lowest BCUT2D eigenvalue weighted by molar-refractivity contribution is -0.151. The summed E-state index contributed by atoms with van der Waals surface area (Å²) in [6, 6.07) is 5.28. The van der Waals surface area contributed by atoms with Crippen molar-refractivity contribution in [2.45, 2.75) is 38.5 Å². The van der Waals surface area contributed by atoms with Gasteiger partial charge >= 0.3 is 5.97 Å². The van der Waals surface area contributed by atoms with Crippen LogP contribution in [0.25, 0.3) is 0 Å².